The average Bonchev–Trinajstić information content (AvgIpc) is 3.37. The largest absolute Gasteiger partial charge is 0.329 e. The van der Waals surface area contributed by atoms with Crippen molar-refractivity contribution in [3.05, 3.63) is 75.5 Å². The fourth-order valence-electron chi connectivity index (χ4n) is 3.42. The van der Waals surface area contributed by atoms with E-state index < -0.39 is 11.7 Å². The van der Waals surface area contributed by atoms with Crippen molar-refractivity contribution in [1.29, 1.82) is 0 Å². The van der Waals surface area contributed by atoms with E-state index in [9.17, 15) is 14.0 Å². The number of anilines is 1. The summed E-state index contributed by atoms with van der Waals surface area (Å²) in [4.78, 5) is 27.2. The second-order valence-electron chi connectivity index (χ2n) is 6.94. The Hall–Kier alpha value is -3.13. The summed E-state index contributed by atoms with van der Waals surface area (Å²) < 4.78 is 13.3. The van der Waals surface area contributed by atoms with Gasteiger partial charge in [-0.05, 0) is 50.1 Å². The summed E-state index contributed by atoms with van der Waals surface area (Å²) in [6.45, 7) is 2.59. The van der Waals surface area contributed by atoms with Gasteiger partial charge in [-0.25, -0.2) is 4.39 Å². The topological polar surface area (TPSA) is 75.2 Å². The molecule has 2 aromatic carbocycles. The molecule has 8 heteroatoms. The van der Waals surface area contributed by atoms with Crippen molar-refractivity contribution in [3.63, 3.8) is 0 Å². The van der Waals surface area contributed by atoms with Crippen LogP contribution < -0.4 is 5.32 Å². The summed E-state index contributed by atoms with van der Waals surface area (Å²) in [5.41, 5.74) is 2.02. The number of nitrogens with one attached hydrogen (secondary N) is 1. The van der Waals surface area contributed by atoms with Crippen LogP contribution in [-0.2, 0) is 0 Å². The van der Waals surface area contributed by atoms with Crippen LogP contribution in [0.2, 0.25) is 0 Å². The first-order valence-corrected chi connectivity index (χ1v) is 10.1. The summed E-state index contributed by atoms with van der Waals surface area (Å²) in [7, 11) is 0. The van der Waals surface area contributed by atoms with E-state index in [0.29, 0.717) is 22.8 Å². The summed E-state index contributed by atoms with van der Waals surface area (Å²) in [6.07, 6.45) is 1.64. The van der Waals surface area contributed by atoms with Crippen molar-refractivity contribution in [2.75, 3.05) is 11.9 Å². The van der Waals surface area contributed by atoms with E-state index in [1.165, 1.54) is 18.2 Å². The second-order valence-corrected chi connectivity index (χ2v) is 7.95. The summed E-state index contributed by atoms with van der Waals surface area (Å²) in [5, 5.41) is 11.6. The second kappa shape index (κ2) is 8.08. The smallest absolute Gasteiger partial charge is 0.286 e. The fraction of sp³-hybridized carbons (Fsp3) is 0.238. The van der Waals surface area contributed by atoms with Gasteiger partial charge >= 0.3 is 0 Å². The van der Waals surface area contributed by atoms with Crippen LogP contribution in [0.3, 0.4) is 0 Å². The Morgan fingerprint density at radius 2 is 2.00 bits per heavy atom. The van der Waals surface area contributed by atoms with E-state index >= 15 is 0 Å². The maximum atomic E-state index is 13.3. The average molecular weight is 410 g/mol. The molecule has 0 radical (unpaired) electrons. The minimum Gasteiger partial charge on any atom is -0.329 e. The molecule has 0 spiro atoms. The zero-order valence-electron chi connectivity index (χ0n) is 15.8. The molecule has 1 N–H and O–H groups in total. The first-order valence-electron chi connectivity index (χ1n) is 9.29. The Balaban J connectivity index is 1.50. The van der Waals surface area contributed by atoms with Gasteiger partial charge in [0.1, 0.15) is 10.8 Å². The number of aromatic nitrogens is 2. The predicted octanol–water partition coefficient (Wildman–Crippen LogP) is 4.22. The van der Waals surface area contributed by atoms with E-state index in [-0.39, 0.29) is 17.0 Å². The van der Waals surface area contributed by atoms with Gasteiger partial charge in [-0.1, -0.05) is 35.1 Å². The molecule has 2 heterocycles. The van der Waals surface area contributed by atoms with Crippen molar-refractivity contribution in [1.82, 2.24) is 15.1 Å². The zero-order valence-corrected chi connectivity index (χ0v) is 16.6. The molecular formula is C21H19FN4O2S. The third-order valence-electron chi connectivity index (χ3n) is 4.78. The van der Waals surface area contributed by atoms with Crippen LogP contribution in [0.1, 0.15) is 49.6 Å². The van der Waals surface area contributed by atoms with Crippen LogP contribution in [0.4, 0.5) is 10.1 Å². The Morgan fingerprint density at radius 3 is 2.79 bits per heavy atom. The number of hydrogen-bond acceptors (Lipinski definition) is 5. The Labute approximate surface area is 171 Å². The molecule has 0 unspecified atom stereocenters. The molecule has 6 nitrogen and oxygen atoms in total. The molecule has 2 amide bonds. The molecule has 1 fully saturated rings. The first kappa shape index (κ1) is 19.2. The van der Waals surface area contributed by atoms with Crippen LogP contribution in [0, 0.1) is 12.7 Å². The number of carbonyl (C=O) groups is 2. The number of rotatable bonds is 4. The van der Waals surface area contributed by atoms with Crippen LogP contribution in [-0.4, -0.2) is 33.5 Å². The van der Waals surface area contributed by atoms with Gasteiger partial charge in [0.25, 0.3) is 11.8 Å². The summed E-state index contributed by atoms with van der Waals surface area (Å²) >= 11 is 1.16. The highest BCUT2D eigenvalue weighted by molar-refractivity contribution is 7.13. The molecule has 1 aromatic heterocycles. The molecular weight excluding hydrogens is 391 g/mol. The molecule has 0 saturated carbocycles. The number of aryl methyl sites for hydroxylation is 1. The van der Waals surface area contributed by atoms with Gasteiger partial charge in [0.2, 0.25) is 5.01 Å². The molecule has 0 bridgehead atoms. The molecule has 3 aromatic rings. The molecule has 4 rings (SSSR count). The van der Waals surface area contributed by atoms with E-state index in [4.69, 9.17) is 0 Å². The van der Waals surface area contributed by atoms with Gasteiger partial charge < -0.3 is 10.2 Å². The number of hydrogen-bond donors (Lipinski definition) is 1. The third kappa shape index (κ3) is 4.17. The van der Waals surface area contributed by atoms with Gasteiger partial charge in [0, 0.05) is 17.8 Å². The minimum atomic E-state index is -0.450. The SMILES string of the molecule is Cc1cccc(C(=O)N2CCC[C@H]2c2nnc(C(=O)Nc3cccc(F)c3)s2)c1. The van der Waals surface area contributed by atoms with Crippen molar-refractivity contribution < 1.29 is 14.0 Å². The van der Waals surface area contributed by atoms with Crippen molar-refractivity contribution in [3.8, 4) is 0 Å². The zero-order chi connectivity index (χ0) is 20.4. The fourth-order valence-corrected chi connectivity index (χ4v) is 4.31. The predicted molar refractivity (Wildman–Crippen MR) is 108 cm³/mol. The van der Waals surface area contributed by atoms with E-state index in [1.54, 1.807) is 11.0 Å². The van der Waals surface area contributed by atoms with Crippen molar-refractivity contribution in [2.24, 2.45) is 0 Å². The molecule has 148 valence electrons. The maximum Gasteiger partial charge on any atom is 0.286 e. The number of benzene rings is 2. The lowest BCUT2D eigenvalue weighted by atomic mass is 10.1. The van der Waals surface area contributed by atoms with E-state index in [0.717, 1.165) is 29.7 Å². The van der Waals surface area contributed by atoms with Crippen LogP contribution in [0.15, 0.2) is 48.5 Å². The number of carbonyl (C=O) groups excluding carboxylic acids is 2. The van der Waals surface area contributed by atoms with E-state index in [1.807, 2.05) is 31.2 Å². The highest BCUT2D eigenvalue weighted by atomic mass is 32.1. The minimum absolute atomic E-state index is 0.0443. The first-order chi connectivity index (χ1) is 14.0. The maximum absolute atomic E-state index is 13.3. The molecule has 1 aliphatic heterocycles. The van der Waals surface area contributed by atoms with Gasteiger partial charge in [-0.2, -0.15) is 0 Å². The highest BCUT2D eigenvalue weighted by Crippen LogP contribution is 2.35. The lowest BCUT2D eigenvalue weighted by molar-refractivity contribution is 0.0734. The number of halogens is 1. The van der Waals surface area contributed by atoms with Crippen molar-refractivity contribution >= 4 is 28.8 Å². The summed E-state index contributed by atoms with van der Waals surface area (Å²) in [5.74, 6) is -0.928. The molecule has 1 saturated heterocycles. The van der Waals surface area contributed by atoms with Crippen LogP contribution >= 0.6 is 11.3 Å². The monoisotopic (exact) mass is 410 g/mol. The number of amides is 2. The van der Waals surface area contributed by atoms with Crippen molar-refractivity contribution in [2.45, 2.75) is 25.8 Å². The normalized spacial score (nSPS) is 16.1. The molecule has 1 atom stereocenters. The molecule has 29 heavy (non-hydrogen) atoms. The molecule has 1 aliphatic rings. The van der Waals surface area contributed by atoms with Gasteiger partial charge in [0.15, 0.2) is 0 Å². The Morgan fingerprint density at radius 1 is 1.17 bits per heavy atom. The lowest BCUT2D eigenvalue weighted by Crippen LogP contribution is -2.30. The van der Waals surface area contributed by atoms with Gasteiger partial charge in [-0.3, -0.25) is 9.59 Å². The summed E-state index contributed by atoms with van der Waals surface area (Å²) in [6, 6.07) is 13.0. The van der Waals surface area contributed by atoms with Crippen LogP contribution in [0.5, 0.6) is 0 Å². The Bertz CT molecular complexity index is 1070. The highest BCUT2D eigenvalue weighted by Gasteiger charge is 2.33. The Kier molecular flexibility index (Phi) is 5.35. The number of likely N-dealkylation sites (tertiary alicyclic amines) is 1. The standard InChI is InChI=1S/C21H19FN4O2S/c1-13-5-2-6-14(11-13)21(28)26-10-4-9-17(26)19-24-25-20(29-19)18(27)23-16-8-3-7-15(22)12-16/h2-3,5-8,11-12,17H,4,9-10H2,1H3,(H,23,27)/t17-/m0/s1. The van der Waals surface area contributed by atoms with Gasteiger partial charge in [-0.15, -0.1) is 10.2 Å². The van der Waals surface area contributed by atoms with Gasteiger partial charge in [0.05, 0.1) is 6.04 Å². The van der Waals surface area contributed by atoms with E-state index in [2.05, 4.69) is 15.5 Å². The number of nitrogens with zero attached hydrogens (tertiary/aromatic N) is 3. The molecule has 0 aliphatic carbocycles. The lowest BCUT2D eigenvalue weighted by Gasteiger charge is -2.23. The van der Waals surface area contributed by atoms with Crippen LogP contribution in [0.25, 0.3) is 0 Å². The quantitative estimate of drug-likeness (QED) is 0.699. The third-order valence-corrected chi connectivity index (χ3v) is 5.80.